The highest BCUT2D eigenvalue weighted by atomic mass is 16.8. The van der Waals surface area contributed by atoms with E-state index in [1.165, 1.54) is 0 Å². The van der Waals surface area contributed by atoms with Gasteiger partial charge in [-0.15, -0.1) is 5.06 Å². The van der Waals surface area contributed by atoms with E-state index in [0.29, 0.717) is 5.06 Å². The van der Waals surface area contributed by atoms with Gasteiger partial charge in [0.1, 0.15) is 0 Å². The van der Waals surface area contributed by atoms with Gasteiger partial charge in [-0.3, -0.25) is 14.4 Å². The molecule has 0 saturated carbocycles. The summed E-state index contributed by atoms with van der Waals surface area (Å²) < 4.78 is 4.15. The molecular weight excluding hydrogens is 236 g/mol. The Labute approximate surface area is 95.5 Å². The maximum Gasteiger partial charge on any atom is 0.431 e. The first kappa shape index (κ1) is 12.9. The van der Waals surface area contributed by atoms with Crippen molar-refractivity contribution < 1.29 is 33.6 Å². The summed E-state index contributed by atoms with van der Waals surface area (Å²) in [6.45, 7) is -0.661. The molecule has 0 unspecified atom stereocenters. The first-order valence-corrected chi connectivity index (χ1v) is 4.57. The van der Waals surface area contributed by atoms with Gasteiger partial charge in [0.25, 0.3) is 11.8 Å². The number of hydrogen-bond acceptors (Lipinski definition) is 7. The summed E-state index contributed by atoms with van der Waals surface area (Å²) >= 11 is 0. The maximum atomic E-state index is 11.1. The van der Waals surface area contributed by atoms with Crippen molar-refractivity contribution in [2.45, 2.75) is 12.8 Å². The van der Waals surface area contributed by atoms with Gasteiger partial charge in [-0.2, -0.15) is 5.48 Å². The molecule has 1 rings (SSSR count). The van der Waals surface area contributed by atoms with E-state index in [2.05, 4.69) is 14.4 Å². The van der Waals surface area contributed by atoms with Gasteiger partial charge in [-0.05, 0) is 0 Å². The molecule has 0 bridgehead atoms. The van der Waals surface area contributed by atoms with Crippen LogP contribution in [0.25, 0.3) is 0 Å². The predicted molar refractivity (Wildman–Crippen MR) is 48.7 cm³/mol. The number of rotatable bonds is 4. The minimum atomic E-state index is -0.995. The van der Waals surface area contributed by atoms with Crippen LogP contribution in [0, 0.1) is 0 Å². The molecule has 0 aromatic heterocycles. The molecule has 3 amide bonds. The van der Waals surface area contributed by atoms with Crippen molar-refractivity contribution in [3.05, 3.63) is 0 Å². The van der Waals surface area contributed by atoms with Crippen LogP contribution in [0.15, 0.2) is 0 Å². The molecule has 1 N–H and O–H groups in total. The van der Waals surface area contributed by atoms with Crippen molar-refractivity contribution in [3.63, 3.8) is 0 Å². The Morgan fingerprint density at radius 3 is 2.41 bits per heavy atom. The number of nitrogens with zero attached hydrogens (tertiary/aromatic N) is 1. The summed E-state index contributed by atoms with van der Waals surface area (Å²) in [4.78, 5) is 52.5. The molecule has 1 heterocycles. The lowest BCUT2D eigenvalue weighted by Crippen LogP contribution is -2.35. The zero-order valence-corrected chi connectivity index (χ0v) is 8.93. The van der Waals surface area contributed by atoms with Gasteiger partial charge < -0.3 is 9.57 Å². The lowest BCUT2D eigenvalue weighted by atomic mass is 10.4. The lowest BCUT2D eigenvalue weighted by Gasteiger charge is -2.12. The standard InChI is InChI=1S/C8H10N2O7/c1-15-8(14)9-16-4-7(13)17-10-5(11)2-3-6(10)12/h2-4H2,1H3,(H,9,14). The van der Waals surface area contributed by atoms with E-state index < -0.39 is 30.5 Å². The molecule has 9 nitrogen and oxygen atoms in total. The van der Waals surface area contributed by atoms with Gasteiger partial charge in [0, 0.05) is 12.8 Å². The Hall–Kier alpha value is -2.16. The number of nitrogens with one attached hydrogen (secondary N) is 1. The van der Waals surface area contributed by atoms with Crippen LogP contribution in [0.5, 0.6) is 0 Å². The molecule has 0 spiro atoms. The van der Waals surface area contributed by atoms with Crippen molar-refractivity contribution >= 4 is 23.9 Å². The topological polar surface area (TPSA) is 111 Å². The molecule has 0 aromatic carbocycles. The molecule has 1 saturated heterocycles. The first-order chi connectivity index (χ1) is 8.04. The quantitative estimate of drug-likeness (QED) is 0.494. The third-order valence-electron chi connectivity index (χ3n) is 1.73. The maximum absolute atomic E-state index is 11.1. The summed E-state index contributed by atoms with van der Waals surface area (Å²) in [5.41, 5.74) is 1.76. The predicted octanol–water partition coefficient (Wildman–Crippen LogP) is -1.12. The van der Waals surface area contributed by atoms with Crippen LogP contribution in [0.4, 0.5) is 4.79 Å². The largest absolute Gasteiger partial charge is 0.451 e. The molecular formula is C8H10N2O7. The zero-order valence-electron chi connectivity index (χ0n) is 8.93. The smallest absolute Gasteiger partial charge is 0.431 e. The lowest BCUT2D eigenvalue weighted by molar-refractivity contribution is -0.201. The van der Waals surface area contributed by atoms with E-state index in [4.69, 9.17) is 0 Å². The van der Waals surface area contributed by atoms with Crippen molar-refractivity contribution in [2.24, 2.45) is 0 Å². The highest BCUT2D eigenvalue weighted by Gasteiger charge is 2.32. The van der Waals surface area contributed by atoms with E-state index in [0.717, 1.165) is 7.11 Å². The van der Waals surface area contributed by atoms with Crippen molar-refractivity contribution in [2.75, 3.05) is 13.7 Å². The molecule has 17 heavy (non-hydrogen) atoms. The highest BCUT2D eigenvalue weighted by molar-refractivity contribution is 6.01. The van der Waals surface area contributed by atoms with Gasteiger partial charge in [-0.1, -0.05) is 0 Å². The fraction of sp³-hybridized carbons (Fsp3) is 0.500. The Morgan fingerprint density at radius 2 is 1.88 bits per heavy atom. The van der Waals surface area contributed by atoms with Gasteiger partial charge in [0.15, 0.2) is 6.61 Å². The molecule has 0 radical (unpaired) electrons. The van der Waals surface area contributed by atoms with Gasteiger partial charge in [-0.25, -0.2) is 9.59 Å². The summed E-state index contributed by atoms with van der Waals surface area (Å²) in [5.74, 6) is -2.18. The molecule has 94 valence electrons. The van der Waals surface area contributed by atoms with Gasteiger partial charge in [0.05, 0.1) is 7.11 Å². The number of amides is 3. The van der Waals surface area contributed by atoms with Crippen molar-refractivity contribution in [1.29, 1.82) is 0 Å². The Morgan fingerprint density at radius 1 is 1.29 bits per heavy atom. The number of ether oxygens (including phenoxy) is 1. The fourth-order valence-electron chi connectivity index (χ4n) is 0.982. The molecule has 1 aliphatic heterocycles. The third kappa shape index (κ3) is 3.72. The van der Waals surface area contributed by atoms with Crippen LogP contribution < -0.4 is 5.48 Å². The SMILES string of the molecule is COC(=O)NOCC(=O)ON1C(=O)CCC1=O. The van der Waals surface area contributed by atoms with Crippen LogP contribution in [0.1, 0.15) is 12.8 Å². The molecule has 1 fully saturated rings. The summed E-state index contributed by atoms with van der Waals surface area (Å²) in [7, 11) is 1.11. The molecule has 9 heteroatoms. The first-order valence-electron chi connectivity index (χ1n) is 4.57. The zero-order chi connectivity index (χ0) is 12.8. The summed E-state index contributed by atoms with van der Waals surface area (Å²) in [6.07, 6.45) is -0.882. The summed E-state index contributed by atoms with van der Waals surface area (Å²) in [6, 6.07) is 0. The van der Waals surface area contributed by atoms with Crippen LogP contribution in [0.3, 0.4) is 0 Å². The Kier molecular flexibility index (Phi) is 4.40. The second kappa shape index (κ2) is 5.80. The molecule has 1 aliphatic rings. The van der Waals surface area contributed by atoms with Gasteiger partial charge >= 0.3 is 12.1 Å². The number of hydrogen-bond donors (Lipinski definition) is 1. The van der Waals surface area contributed by atoms with Crippen LogP contribution in [0.2, 0.25) is 0 Å². The fourth-order valence-corrected chi connectivity index (χ4v) is 0.982. The number of methoxy groups -OCH3 is 1. The van der Waals surface area contributed by atoms with Crippen LogP contribution >= 0.6 is 0 Å². The third-order valence-corrected chi connectivity index (χ3v) is 1.73. The average molecular weight is 246 g/mol. The van der Waals surface area contributed by atoms with Crippen molar-refractivity contribution in [1.82, 2.24) is 10.5 Å². The van der Waals surface area contributed by atoms with E-state index in [1.54, 1.807) is 5.48 Å². The van der Waals surface area contributed by atoms with Crippen LogP contribution in [-0.2, 0) is 28.8 Å². The minimum Gasteiger partial charge on any atom is -0.451 e. The van der Waals surface area contributed by atoms with Crippen molar-refractivity contribution in [3.8, 4) is 0 Å². The number of carbonyl (C=O) groups is 4. The number of hydroxylamine groups is 3. The number of carbonyl (C=O) groups excluding carboxylic acids is 4. The normalized spacial score (nSPS) is 14.8. The van der Waals surface area contributed by atoms with E-state index >= 15 is 0 Å². The second-order valence-electron chi connectivity index (χ2n) is 2.93. The average Bonchev–Trinajstić information content (AvgIpc) is 2.60. The molecule has 0 atom stereocenters. The summed E-state index contributed by atoms with van der Waals surface area (Å²) in [5, 5.41) is 0.379. The van der Waals surface area contributed by atoms with Crippen LogP contribution in [-0.4, -0.2) is 42.7 Å². The Balaban J connectivity index is 2.27. The highest BCUT2D eigenvalue weighted by Crippen LogP contribution is 2.11. The van der Waals surface area contributed by atoms with E-state index in [-0.39, 0.29) is 12.8 Å². The van der Waals surface area contributed by atoms with E-state index in [9.17, 15) is 19.2 Å². The minimum absolute atomic E-state index is 0.00732. The number of imide groups is 1. The second-order valence-corrected chi connectivity index (χ2v) is 2.93. The van der Waals surface area contributed by atoms with E-state index in [1.807, 2.05) is 0 Å². The molecule has 0 aliphatic carbocycles. The van der Waals surface area contributed by atoms with Gasteiger partial charge in [0.2, 0.25) is 0 Å². The molecule has 0 aromatic rings. The Bertz CT molecular complexity index is 338. The monoisotopic (exact) mass is 246 g/mol.